The first kappa shape index (κ1) is 14.2. The van der Waals surface area contributed by atoms with E-state index in [1.54, 1.807) is 6.07 Å². The molecule has 2 aliphatic rings. The van der Waals surface area contributed by atoms with Gasteiger partial charge in [-0.3, -0.25) is 4.79 Å². The highest BCUT2D eigenvalue weighted by molar-refractivity contribution is 6.40. The number of fused-ring (bicyclic) bond motifs is 2. The summed E-state index contributed by atoms with van der Waals surface area (Å²) >= 11 is 12.4. The number of halogens is 2. The Balaban J connectivity index is 1.82. The second kappa shape index (κ2) is 5.21. The molecular formula is C15H18Cl2N2O. The quantitative estimate of drug-likeness (QED) is 0.876. The third kappa shape index (κ3) is 2.22. The van der Waals surface area contributed by atoms with Crippen molar-refractivity contribution in [3.8, 4) is 0 Å². The smallest absolute Gasteiger partial charge is 0.229 e. The van der Waals surface area contributed by atoms with Gasteiger partial charge in [-0.2, -0.15) is 0 Å². The van der Waals surface area contributed by atoms with E-state index >= 15 is 0 Å². The van der Waals surface area contributed by atoms with E-state index in [2.05, 4.69) is 5.32 Å². The molecule has 0 heterocycles. The van der Waals surface area contributed by atoms with E-state index in [0.29, 0.717) is 27.6 Å². The first-order chi connectivity index (χ1) is 9.49. The number of nitrogens with one attached hydrogen (secondary N) is 1. The van der Waals surface area contributed by atoms with E-state index in [1.807, 2.05) is 13.0 Å². The summed E-state index contributed by atoms with van der Waals surface area (Å²) in [6.45, 7) is 1.89. The minimum absolute atomic E-state index is 0.0314. The van der Waals surface area contributed by atoms with E-state index in [9.17, 15) is 4.79 Å². The van der Waals surface area contributed by atoms with Crippen molar-refractivity contribution < 1.29 is 4.79 Å². The van der Waals surface area contributed by atoms with Crippen LogP contribution in [0.15, 0.2) is 12.1 Å². The maximum absolute atomic E-state index is 12.5. The summed E-state index contributed by atoms with van der Waals surface area (Å²) in [5.41, 5.74) is 7.60. The van der Waals surface area contributed by atoms with Crippen molar-refractivity contribution in [3.05, 3.63) is 27.7 Å². The van der Waals surface area contributed by atoms with Gasteiger partial charge in [-0.05, 0) is 49.7 Å². The number of carbonyl (C=O) groups excluding carboxylic acids is 1. The Labute approximate surface area is 128 Å². The Morgan fingerprint density at radius 3 is 2.65 bits per heavy atom. The Morgan fingerprint density at radius 2 is 2.00 bits per heavy atom. The fourth-order valence-corrected chi connectivity index (χ4v) is 4.17. The van der Waals surface area contributed by atoms with Gasteiger partial charge in [0.2, 0.25) is 5.91 Å². The molecule has 108 valence electrons. The first-order valence-electron chi connectivity index (χ1n) is 7.00. The van der Waals surface area contributed by atoms with Crippen molar-refractivity contribution in [2.75, 3.05) is 5.32 Å². The number of aryl methyl sites for hydroxylation is 1. The largest absolute Gasteiger partial charge is 0.327 e. The fourth-order valence-electron chi connectivity index (χ4n) is 3.70. The molecule has 2 aliphatic carbocycles. The third-order valence-electron chi connectivity index (χ3n) is 4.82. The van der Waals surface area contributed by atoms with Crippen LogP contribution in [0.4, 0.5) is 5.69 Å². The van der Waals surface area contributed by atoms with Crippen LogP contribution in [0.2, 0.25) is 10.0 Å². The van der Waals surface area contributed by atoms with Gasteiger partial charge in [-0.25, -0.2) is 0 Å². The molecule has 1 aromatic rings. The average molecular weight is 313 g/mol. The molecule has 0 saturated heterocycles. The molecule has 0 aliphatic heterocycles. The summed E-state index contributed by atoms with van der Waals surface area (Å²) in [7, 11) is 0. The predicted octanol–water partition coefficient (Wildman–Crippen LogP) is 3.61. The van der Waals surface area contributed by atoms with Crippen LogP contribution in [-0.4, -0.2) is 11.9 Å². The van der Waals surface area contributed by atoms with Crippen LogP contribution in [0.5, 0.6) is 0 Å². The van der Waals surface area contributed by atoms with Crippen LogP contribution in [0.25, 0.3) is 0 Å². The minimum Gasteiger partial charge on any atom is -0.327 e. The molecule has 20 heavy (non-hydrogen) atoms. The van der Waals surface area contributed by atoms with Crippen LogP contribution in [0, 0.1) is 24.7 Å². The summed E-state index contributed by atoms with van der Waals surface area (Å²) in [5.74, 6) is 0.761. The lowest BCUT2D eigenvalue weighted by atomic mass is 9.84. The van der Waals surface area contributed by atoms with Gasteiger partial charge in [-0.1, -0.05) is 29.3 Å². The zero-order chi connectivity index (χ0) is 14.4. The van der Waals surface area contributed by atoms with Gasteiger partial charge in [0.25, 0.3) is 0 Å². The number of carbonyl (C=O) groups is 1. The number of benzene rings is 1. The maximum atomic E-state index is 12.5. The van der Waals surface area contributed by atoms with Crippen molar-refractivity contribution in [2.45, 2.75) is 32.2 Å². The topological polar surface area (TPSA) is 55.1 Å². The Morgan fingerprint density at radius 1 is 1.30 bits per heavy atom. The zero-order valence-corrected chi connectivity index (χ0v) is 12.8. The van der Waals surface area contributed by atoms with Crippen LogP contribution >= 0.6 is 23.2 Å². The van der Waals surface area contributed by atoms with E-state index in [4.69, 9.17) is 28.9 Å². The van der Waals surface area contributed by atoms with Crippen molar-refractivity contribution >= 4 is 34.8 Å². The predicted molar refractivity (Wildman–Crippen MR) is 82.1 cm³/mol. The highest BCUT2D eigenvalue weighted by Gasteiger charge is 2.49. The van der Waals surface area contributed by atoms with Gasteiger partial charge in [0.05, 0.1) is 21.7 Å². The average Bonchev–Trinajstić information content (AvgIpc) is 2.99. The third-order valence-corrected chi connectivity index (χ3v) is 5.62. The molecule has 0 radical (unpaired) electrons. The summed E-state index contributed by atoms with van der Waals surface area (Å²) in [6, 6.07) is 3.55. The minimum atomic E-state index is -0.110. The lowest BCUT2D eigenvalue weighted by Crippen LogP contribution is -2.42. The molecule has 3 N–H and O–H groups in total. The molecular weight excluding hydrogens is 295 g/mol. The number of nitrogens with two attached hydrogens (primary N) is 1. The molecule has 2 bridgehead atoms. The van der Waals surface area contributed by atoms with Gasteiger partial charge in [0, 0.05) is 6.04 Å². The van der Waals surface area contributed by atoms with Crippen LogP contribution < -0.4 is 11.1 Å². The molecule has 4 atom stereocenters. The molecule has 0 spiro atoms. The van der Waals surface area contributed by atoms with Gasteiger partial charge in [0.15, 0.2) is 0 Å². The standard InChI is InChI=1S/C15H18Cl2N2O/c1-7-2-5-10(16)14(12(7)17)19-15(20)11-8-3-4-9(6-8)13(11)18/h2,5,8-9,11,13H,3-4,6,18H2,1H3,(H,19,20). The number of anilines is 1. The molecule has 2 fully saturated rings. The van der Waals surface area contributed by atoms with Crippen molar-refractivity contribution in [1.29, 1.82) is 0 Å². The number of rotatable bonds is 2. The monoisotopic (exact) mass is 312 g/mol. The van der Waals surface area contributed by atoms with Crippen molar-refractivity contribution in [2.24, 2.45) is 23.5 Å². The van der Waals surface area contributed by atoms with Gasteiger partial charge >= 0.3 is 0 Å². The Hall–Kier alpha value is -0.770. The molecule has 3 nitrogen and oxygen atoms in total. The maximum Gasteiger partial charge on any atom is 0.229 e. The molecule has 1 aromatic carbocycles. The van der Waals surface area contributed by atoms with Gasteiger partial charge < -0.3 is 11.1 Å². The number of amides is 1. The summed E-state index contributed by atoms with van der Waals surface area (Å²) in [4.78, 5) is 12.5. The van der Waals surface area contributed by atoms with Gasteiger partial charge in [0.1, 0.15) is 0 Å². The van der Waals surface area contributed by atoms with Crippen molar-refractivity contribution in [3.63, 3.8) is 0 Å². The van der Waals surface area contributed by atoms with E-state index in [0.717, 1.165) is 24.8 Å². The highest BCUT2D eigenvalue weighted by Crippen LogP contribution is 2.48. The Kier molecular flexibility index (Phi) is 3.69. The molecule has 3 rings (SSSR count). The Bertz CT molecular complexity index is 559. The second-order valence-corrected chi connectivity index (χ2v) is 6.76. The normalized spacial score (nSPS) is 31.6. The summed E-state index contributed by atoms with van der Waals surface area (Å²) < 4.78 is 0. The first-order valence-corrected chi connectivity index (χ1v) is 7.75. The second-order valence-electron chi connectivity index (χ2n) is 5.98. The zero-order valence-electron chi connectivity index (χ0n) is 11.3. The molecule has 2 saturated carbocycles. The summed E-state index contributed by atoms with van der Waals surface area (Å²) in [6.07, 6.45) is 3.34. The van der Waals surface area contributed by atoms with E-state index < -0.39 is 0 Å². The number of hydrogen-bond acceptors (Lipinski definition) is 2. The SMILES string of the molecule is Cc1ccc(Cl)c(NC(=O)C2C3CCC(C3)C2N)c1Cl. The number of hydrogen-bond donors (Lipinski definition) is 2. The molecule has 5 heteroatoms. The molecule has 4 unspecified atom stereocenters. The van der Waals surface area contributed by atoms with Gasteiger partial charge in [-0.15, -0.1) is 0 Å². The van der Waals surface area contributed by atoms with Crippen molar-refractivity contribution in [1.82, 2.24) is 0 Å². The molecule has 1 amide bonds. The van der Waals surface area contributed by atoms with Crippen LogP contribution in [-0.2, 0) is 4.79 Å². The lowest BCUT2D eigenvalue weighted by molar-refractivity contribution is -0.121. The fraction of sp³-hybridized carbons (Fsp3) is 0.533. The lowest BCUT2D eigenvalue weighted by Gasteiger charge is -2.27. The summed E-state index contributed by atoms with van der Waals surface area (Å²) in [5, 5.41) is 3.86. The van der Waals surface area contributed by atoms with E-state index in [1.165, 1.54) is 0 Å². The highest BCUT2D eigenvalue weighted by atomic mass is 35.5. The van der Waals surface area contributed by atoms with E-state index in [-0.39, 0.29) is 17.9 Å². The van der Waals surface area contributed by atoms with Crippen LogP contribution in [0.3, 0.4) is 0 Å². The van der Waals surface area contributed by atoms with Crippen LogP contribution in [0.1, 0.15) is 24.8 Å². The molecule has 0 aromatic heterocycles.